The Labute approximate surface area is 289 Å². The van der Waals surface area contributed by atoms with E-state index in [0.29, 0.717) is 71.6 Å². The minimum atomic E-state index is -1.15. The monoisotopic (exact) mass is 686 g/mol. The fraction of sp³-hybridized carbons (Fsp3) is 0.861. The number of ether oxygens (including phenoxy) is 4. The van der Waals surface area contributed by atoms with E-state index in [-0.39, 0.29) is 36.9 Å². The van der Waals surface area contributed by atoms with Gasteiger partial charge in [-0.1, -0.05) is 77.0 Å². The molecule has 0 aromatic rings. The van der Waals surface area contributed by atoms with Crippen LogP contribution in [0.4, 0.5) is 0 Å². The van der Waals surface area contributed by atoms with Gasteiger partial charge in [-0.05, 0) is 33.1 Å². The molecule has 280 valence electrons. The summed E-state index contributed by atoms with van der Waals surface area (Å²) in [5.41, 5.74) is 0. The van der Waals surface area contributed by atoms with Crippen molar-refractivity contribution in [2.45, 2.75) is 142 Å². The Hall–Kier alpha value is -2.41. The normalized spacial score (nSPS) is 11.7. The zero-order valence-electron chi connectivity index (χ0n) is 30.0. The van der Waals surface area contributed by atoms with Gasteiger partial charge in [0, 0.05) is 32.2 Å². The minimum Gasteiger partial charge on any atom is -0.480 e. The Morgan fingerprint density at radius 1 is 0.479 bits per heavy atom. The number of nitrogens with one attached hydrogen (secondary N) is 2. The Morgan fingerprint density at radius 3 is 1.31 bits per heavy atom. The number of aliphatic carboxylic acids is 1. The van der Waals surface area contributed by atoms with Crippen molar-refractivity contribution >= 4 is 29.4 Å². The van der Waals surface area contributed by atoms with Gasteiger partial charge in [0.2, 0.25) is 11.8 Å². The van der Waals surface area contributed by atoms with E-state index in [1.807, 2.05) is 0 Å². The highest BCUT2D eigenvalue weighted by Crippen LogP contribution is 2.14. The van der Waals surface area contributed by atoms with Gasteiger partial charge in [0.25, 0.3) is 0 Å². The van der Waals surface area contributed by atoms with Gasteiger partial charge < -0.3 is 39.5 Å². The zero-order chi connectivity index (χ0) is 35.5. The number of carboxylic acids is 1. The quantitative estimate of drug-likeness (QED) is 0.0728. The van der Waals surface area contributed by atoms with E-state index in [1.165, 1.54) is 64.7 Å². The van der Waals surface area contributed by atoms with Gasteiger partial charge in [-0.25, -0.2) is 4.79 Å². The van der Waals surface area contributed by atoms with Crippen LogP contribution >= 0.6 is 0 Å². The molecule has 0 unspecified atom stereocenters. The molecule has 12 heteroatoms. The van der Waals surface area contributed by atoms with Crippen LogP contribution in [-0.2, 0) is 42.9 Å². The first-order chi connectivity index (χ1) is 23.2. The van der Waals surface area contributed by atoms with Gasteiger partial charge in [0.15, 0.2) is 0 Å². The van der Waals surface area contributed by atoms with E-state index in [4.69, 9.17) is 18.9 Å². The molecule has 12 nitrogen and oxygen atoms in total. The van der Waals surface area contributed by atoms with Crippen molar-refractivity contribution in [1.82, 2.24) is 10.6 Å². The predicted molar refractivity (Wildman–Crippen MR) is 185 cm³/mol. The Balaban J connectivity index is 3.61. The van der Waals surface area contributed by atoms with Crippen molar-refractivity contribution in [3.63, 3.8) is 0 Å². The second-order valence-electron chi connectivity index (χ2n) is 12.4. The number of amides is 2. The number of rotatable bonds is 37. The molecule has 2 amide bonds. The molecule has 0 aromatic carbocycles. The molecule has 0 aliphatic heterocycles. The summed E-state index contributed by atoms with van der Waals surface area (Å²) in [4.78, 5) is 57.7. The lowest BCUT2D eigenvalue weighted by Crippen LogP contribution is -2.41. The number of hydrogen-bond acceptors (Lipinski definition) is 9. The average molecular weight is 687 g/mol. The van der Waals surface area contributed by atoms with Crippen molar-refractivity contribution in [3.8, 4) is 0 Å². The van der Waals surface area contributed by atoms with Crippen LogP contribution in [0.5, 0.6) is 0 Å². The highest BCUT2D eigenvalue weighted by atomic mass is 16.6. The lowest BCUT2D eigenvalue weighted by Gasteiger charge is -2.14. The van der Waals surface area contributed by atoms with Crippen molar-refractivity contribution in [2.75, 3.05) is 59.4 Å². The van der Waals surface area contributed by atoms with Gasteiger partial charge in [-0.3, -0.25) is 14.4 Å². The minimum absolute atomic E-state index is 0.00958. The third kappa shape index (κ3) is 34.9. The number of carbonyl (C=O) groups is 5. The van der Waals surface area contributed by atoms with Gasteiger partial charge in [0.1, 0.15) is 17.6 Å². The summed E-state index contributed by atoms with van der Waals surface area (Å²) in [5, 5.41) is 14.7. The second kappa shape index (κ2) is 34.5. The molecule has 0 heterocycles. The third-order valence-electron chi connectivity index (χ3n) is 7.76. The fourth-order valence-electron chi connectivity index (χ4n) is 4.91. The largest absolute Gasteiger partial charge is 0.480 e. The molecule has 0 aliphatic carbocycles. The van der Waals surface area contributed by atoms with Crippen LogP contribution in [0.15, 0.2) is 0 Å². The van der Waals surface area contributed by atoms with Crippen molar-refractivity contribution in [3.05, 3.63) is 0 Å². The SMILES string of the molecule is CC(=O)CCCCCCCCCCCCCCCCC(=O)N[C@@H](CCC(=O)NCCOCCOCCOCCOCCC(C)=O)C(=O)O. The van der Waals surface area contributed by atoms with Crippen LogP contribution in [0.3, 0.4) is 0 Å². The van der Waals surface area contributed by atoms with Crippen LogP contribution in [0, 0.1) is 0 Å². The second-order valence-corrected chi connectivity index (χ2v) is 12.4. The molecule has 1 atom stereocenters. The maximum atomic E-state index is 12.3. The molecule has 0 saturated heterocycles. The van der Waals surface area contributed by atoms with Crippen molar-refractivity contribution in [1.29, 1.82) is 0 Å². The van der Waals surface area contributed by atoms with E-state index >= 15 is 0 Å². The molecular weight excluding hydrogens is 620 g/mol. The highest BCUT2D eigenvalue weighted by Gasteiger charge is 2.20. The molecule has 0 aliphatic rings. The molecule has 0 radical (unpaired) electrons. The smallest absolute Gasteiger partial charge is 0.326 e. The molecule has 0 spiro atoms. The average Bonchev–Trinajstić information content (AvgIpc) is 3.04. The number of hydrogen-bond donors (Lipinski definition) is 3. The maximum absolute atomic E-state index is 12.3. The highest BCUT2D eigenvalue weighted by molar-refractivity contribution is 5.84. The van der Waals surface area contributed by atoms with Crippen molar-refractivity contribution < 1.29 is 48.0 Å². The number of carbonyl (C=O) groups excluding carboxylic acids is 4. The molecule has 48 heavy (non-hydrogen) atoms. The summed E-state index contributed by atoms with van der Waals surface area (Å²) in [5.74, 6) is -1.34. The number of unbranched alkanes of at least 4 members (excludes halogenated alkanes) is 13. The molecule has 0 saturated carbocycles. The third-order valence-corrected chi connectivity index (χ3v) is 7.76. The summed E-state index contributed by atoms with van der Waals surface area (Å²) < 4.78 is 21.4. The summed E-state index contributed by atoms with van der Waals surface area (Å²) in [6.07, 6.45) is 17.6. The van der Waals surface area contributed by atoms with Crippen LogP contribution in [0.1, 0.15) is 136 Å². The summed E-state index contributed by atoms with van der Waals surface area (Å²) in [6.45, 7) is 6.66. The standard InChI is InChI=1S/C36H66N2O10/c1-31(39)17-15-13-11-9-7-5-3-4-6-8-10-12-14-16-18-35(42)38-33(36(43)44)19-20-34(41)37-22-24-46-26-28-48-30-29-47-27-25-45-23-21-32(2)40/h33H,3-30H2,1-2H3,(H,37,41)(H,38,42)(H,43,44)/t33-/m0/s1. The van der Waals surface area contributed by atoms with Gasteiger partial charge >= 0.3 is 5.97 Å². The molecule has 0 fully saturated rings. The van der Waals surface area contributed by atoms with Crippen molar-refractivity contribution in [2.24, 2.45) is 0 Å². The maximum Gasteiger partial charge on any atom is 0.326 e. The molecular formula is C36H66N2O10. The summed E-state index contributed by atoms with van der Waals surface area (Å²) in [6, 6.07) is -1.09. The topological polar surface area (TPSA) is 167 Å². The summed E-state index contributed by atoms with van der Waals surface area (Å²) in [7, 11) is 0. The number of ketones is 2. The molecule has 0 aromatic heterocycles. The van der Waals surface area contributed by atoms with E-state index in [2.05, 4.69) is 10.6 Å². The van der Waals surface area contributed by atoms with Crippen LogP contribution in [-0.4, -0.2) is 99.9 Å². The molecule has 0 bridgehead atoms. The van der Waals surface area contributed by atoms with Gasteiger partial charge in [0.05, 0.1) is 52.9 Å². The Kier molecular flexibility index (Phi) is 32.7. The molecule has 3 N–H and O–H groups in total. The van der Waals surface area contributed by atoms with E-state index in [9.17, 15) is 29.1 Å². The lowest BCUT2D eigenvalue weighted by molar-refractivity contribution is -0.142. The summed E-state index contributed by atoms with van der Waals surface area (Å²) >= 11 is 0. The van der Waals surface area contributed by atoms with E-state index < -0.39 is 12.0 Å². The first-order valence-electron chi connectivity index (χ1n) is 18.3. The van der Waals surface area contributed by atoms with Crippen LogP contribution < -0.4 is 10.6 Å². The fourth-order valence-corrected chi connectivity index (χ4v) is 4.91. The first kappa shape index (κ1) is 45.6. The lowest BCUT2D eigenvalue weighted by atomic mass is 10.0. The first-order valence-corrected chi connectivity index (χ1v) is 18.3. The van der Waals surface area contributed by atoms with Crippen LogP contribution in [0.25, 0.3) is 0 Å². The Morgan fingerprint density at radius 2 is 0.875 bits per heavy atom. The van der Waals surface area contributed by atoms with E-state index in [0.717, 1.165) is 38.5 Å². The predicted octanol–water partition coefficient (Wildman–Crippen LogP) is 5.33. The molecule has 0 rings (SSSR count). The number of carboxylic acid groups (broad SMARTS) is 1. The van der Waals surface area contributed by atoms with E-state index in [1.54, 1.807) is 6.92 Å². The van der Waals surface area contributed by atoms with Crippen LogP contribution in [0.2, 0.25) is 0 Å². The van der Waals surface area contributed by atoms with Gasteiger partial charge in [-0.2, -0.15) is 0 Å². The zero-order valence-corrected chi connectivity index (χ0v) is 30.0. The number of Topliss-reactive ketones (excluding diaryl/α,β-unsaturated/α-hetero) is 2. The van der Waals surface area contributed by atoms with Gasteiger partial charge in [-0.15, -0.1) is 0 Å². The Bertz CT molecular complexity index is 840.